The van der Waals surface area contributed by atoms with Gasteiger partial charge in [0.2, 0.25) is 11.7 Å². The van der Waals surface area contributed by atoms with Gasteiger partial charge >= 0.3 is 0 Å². The third-order valence-corrected chi connectivity index (χ3v) is 8.25. The lowest BCUT2D eigenvalue weighted by Gasteiger charge is -2.11. The molecule has 0 saturated carbocycles. The van der Waals surface area contributed by atoms with Crippen LogP contribution in [0.2, 0.25) is 0 Å². The SMILES string of the molecule is Cc1cccc(S(=O)(=O)Nc2cc3[nH]c(C(=O)c4cnn(-c5cnc(Oc6ccccc6F)cc5C)c4N)cc3cc2C)n1. The smallest absolute Gasteiger partial charge is 0.279 e. The number of nitrogens with one attached hydrogen (secondary N) is 2. The summed E-state index contributed by atoms with van der Waals surface area (Å²) < 4.78 is 49.4. The summed E-state index contributed by atoms with van der Waals surface area (Å²) in [5, 5.41) is 4.93. The van der Waals surface area contributed by atoms with Crippen molar-refractivity contribution in [3.8, 4) is 17.3 Å². The summed E-state index contributed by atoms with van der Waals surface area (Å²) in [6, 6.07) is 17.4. The lowest BCUT2D eigenvalue weighted by molar-refractivity contribution is 0.103. The molecule has 222 valence electrons. The Morgan fingerprint density at radius 2 is 1.80 bits per heavy atom. The predicted molar refractivity (Wildman–Crippen MR) is 163 cm³/mol. The maximum absolute atomic E-state index is 14.0. The van der Waals surface area contributed by atoms with E-state index in [1.165, 1.54) is 35.3 Å². The predicted octanol–water partition coefficient (Wildman–Crippen LogP) is 5.61. The molecule has 4 aromatic heterocycles. The molecule has 4 heterocycles. The Balaban J connectivity index is 1.26. The first-order valence-corrected chi connectivity index (χ1v) is 14.9. The molecule has 0 saturated heterocycles. The zero-order valence-corrected chi connectivity index (χ0v) is 24.6. The van der Waals surface area contributed by atoms with Gasteiger partial charge in [0.05, 0.1) is 35.0 Å². The van der Waals surface area contributed by atoms with Gasteiger partial charge in [-0.2, -0.15) is 13.5 Å². The number of para-hydroxylation sites is 1. The molecule has 0 amide bonds. The lowest BCUT2D eigenvalue weighted by Crippen LogP contribution is -2.15. The van der Waals surface area contributed by atoms with Crippen molar-refractivity contribution >= 4 is 38.2 Å². The first-order valence-electron chi connectivity index (χ1n) is 13.4. The first kappa shape index (κ1) is 28.6. The molecular weight excluding hydrogens is 585 g/mol. The normalized spacial score (nSPS) is 11.5. The third-order valence-electron chi connectivity index (χ3n) is 6.98. The van der Waals surface area contributed by atoms with Gasteiger partial charge in [-0.05, 0) is 74.4 Å². The highest BCUT2D eigenvalue weighted by Crippen LogP contribution is 2.29. The fourth-order valence-corrected chi connectivity index (χ4v) is 5.84. The number of benzene rings is 2. The van der Waals surface area contributed by atoms with Gasteiger partial charge in [-0.1, -0.05) is 18.2 Å². The zero-order valence-electron chi connectivity index (χ0n) is 23.8. The van der Waals surface area contributed by atoms with Crippen LogP contribution in [-0.2, 0) is 10.0 Å². The van der Waals surface area contributed by atoms with Gasteiger partial charge in [0.15, 0.2) is 16.6 Å². The minimum atomic E-state index is -3.93. The molecule has 0 bridgehead atoms. The number of ketones is 1. The minimum Gasteiger partial charge on any atom is -0.436 e. The Morgan fingerprint density at radius 3 is 2.55 bits per heavy atom. The number of halogens is 1. The molecule has 6 aromatic rings. The number of nitrogen functional groups attached to an aromatic ring is 1. The maximum atomic E-state index is 14.0. The van der Waals surface area contributed by atoms with Crippen LogP contribution >= 0.6 is 0 Å². The van der Waals surface area contributed by atoms with Crippen LogP contribution in [0.15, 0.2) is 84.1 Å². The van der Waals surface area contributed by atoms with Crippen LogP contribution in [0.4, 0.5) is 15.9 Å². The molecule has 0 fully saturated rings. The van der Waals surface area contributed by atoms with Crippen molar-refractivity contribution in [2.24, 2.45) is 0 Å². The summed E-state index contributed by atoms with van der Waals surface area (Å²) in [4.78, 5) is 24.9. The van der Waals surface area contributed by atoms with Crippen molar-refractivity contribution in [1.82, 2.24) is 24.7 Å². The van der Waals surface area contributed by atoms with Gasteiger partial charge in [0.1, 0.15) is 5.82 Å². The van der Waals surface area contributed by atoms with Crippen molar-refractivity contribution in [2.75, 3.05) is 10.5 Å². The van der Waals surface area contributed by atoms with Gasteiger partial charge in [-0.25, -0.2) is 19.0 Å². The molecule has 0 radical (unpaired) electrons. The molecule has 0 atom stereocenters. The lowest BCUT2D eigenvalue weighted by atomic mass is 10.1. The molecule has 2 aromatic carbocycles. The highest BCUT2D eigenvalue weighted by atomic mass is 32.2. The quantitative estimate of drug-likeness (QED) is 0.187. The van der Waals surface area contributed by atoms with Crippen molar-refractivity contribution in [3.63, 3.8) is 0 Å². The molecule has 0 unspecified atom stereocenters. The summed E-state index contributed by atoms with van der Waals surface area (Å²) in [5.41, 5.74) is 10.1. The largest absolute Gasteiger partial charge is 0.436 e. The van der Waals surface area contributed by atoms with Crippen LogP contribution in [0.1, 0.15) is 32.9 Å². The zero-order chi connectivity index (χ0) is 31.2. The number of aromatic amines is 1. The number of aryl methyl sites for hydroxylation is 3. The van der Waals surface area contributed by atoms with Crippen LogP contribution in [-0.4, -0.2) is 38.9 Å². The monoisotopic (exact) mass is 611 g/mol. The Bertz CT molecular complexity index is 2190. The van der Waals surface area contributed by atoms with E-state index in [4.69, 9.17) is 10.5 Å². The number of hydrogen-bond acceptors (Lipinski definition) is 8. The van der Waals surface area contributed by atoms with Crippen LogP contribution in [0.3, 0.4) is 0 Å². The third kappa shape index (κ3) is 5.36. The highest BCUT2D eigenvalue weighted by Gasteiger charge is 2.22. The number of sulfonamides is 1. The van der Waals surface area contributed by atoms with Gasteiger partial charge in [0, 0.05) is 22.7 Å². The number of pyridine rings is 2. The number of fused-ring (bicyclic) bond motifs is 1. The molecule has 0 spiro atoms. The van der Waals surface area contributed by atoms with Gasteiger partial charge in [0.25, 0.3) is 10.0 Å². The van der Waals surface area contributed by atoms with Crippen LogP contribution in [0.5, 0.6) is 11.6 Å². The van der Waals surface area contributed by atoms with Crippen molar-refractivity contribution in [2.45, 2.75) is 25.8 Å². The Kier molecular flexibility index (Phi) is 7.09. The molecular formula is C31H26FN7O4S. The molecule has 0 aliphatic heterocycles. The van der Waals surface area contributed by atoms with E-state index in [0.29, 0.717) is 39.1 Å². The standard InChI is InChI=1S/C31H26FN7O4S/c1-17-11-20-13-25(37-24(20)14-23(17)38-44(41,42)29-10-6-7-19(3)36-29)30(40)21-15-35-39(31(21)33)26-16-34-28(12-18(26)2)43-27-9-5-4-8-22(27)32/h4-16,37-38H,33H2,1-3H3. The Hall–Kier alpha value is -5.56. The van der Waals surface area contributed by atoms with Gasteiger partial charge in [-0.3, -0.25) is 9.52 Å². The summed E-state index contributed by atoms with van der Waals surface area (Å²) >= 11 is 0. The van der Waals surface area contributed by atoms with E-state index in [1.54, 1.807) is 69.3 Å². The summed E-state index contributed by atoms with van der Waals surface area (Å²) in [6.07, 6.45) is 2.84. The molecule has 0 aliphatic rings. The number of carbonyl (C=O) groups excluding carboxylic acids is 1. The second-order valence-electron chi connectivity index (χ2n) is 10.2. The number of nitrogens with two attached hydrogens (primary N) is 1. The van der Waals surface area contributed by atoms with E-state index >= 15 is 0 Å². The second kappa shape index (κ2) is 10.9. The molecule has 11 nitrogen and oxygen atoms in total. The number of anilines is 2. The van der Waals surface area contributed by atoms with E-state index in [0.717, 1.165) is 0 Å². The van der Waals surface area contributed by atoms with E-state index in [9.17, 15) is 17.6 Å². The molecule has 44 heavy (non-hydrogen) atoms. The van der Waals surface area contributed by atoms with Gasteiger partial charge in [-0.15, -0.1) is 0 Å². The average Bonchev–Trinajstić information content (AvgIpc) is 3.57. The van der Waals surface area contributed by atoms with Crippen molar-refractivity contribution < 1.29 is 22.3 Å². The summed E-state index contributed by atoms with van der Waals surface area (Å²) in [5.74, 6) is -0.598. The molecule has 0 aliphatic carbocycles. The summed E-state index contributed by atoms with van der Waals surface area (Å²) in [7, 11) is -3.93. The number of rotatable bonds is 8. The maximum Gasteiger partial charge on any atom is 0.279 e. The van der Waals surface area contributed by atoms with Crippen LogP contribution < -0.4 is 15.2 Å². The number of carbonyl (C=O) groups is 1. The van der Waals surface area contributed by atoms with Crippen molar-refractivity contribution in [3.05, 3.63) is 113 Å². The van der Waals surface area contributed by atoms with Crippen LogP contribution in [0, 0.1) is 26.6 Å². The van der Waals surface area contributed by atoms with Crippen molar-refractivity contribution in [1.29, 1.82) is 0 Å². The summed E-state index contributed by atoms with van der Waals surface area (Å²) in [6.45, 7) is 5.26. The van der Waals surface area contributed by atoms with E-state index in [2.05, 4.69) is 24.8 Å². The van der Waals surface area contributed by atoms with Gasteiger partial charge < -0.3 is 15.5 Å². The van der Waals surface area contributed by atoms with E-state index in [-0.39, 0.29) is 33.7 Å². The second-order valence-corrected chi connectivity index (χ2v) is 11.8. The fraction of sp³-hybridized carbons (Fsp3) is 0.0968. The number of H-pyrrole nitrogens is 1. The first-order chi connectivity index (χ1) is 21.0. The molecule has 4 N–H and O–H groups in total. The number of ether oxygens (including phenoxy) is 1. The Morgan fingerprint density at radius 1 is 1.00 bits per heavy atom. The van der Waals surface area contributed by atoms with E-state index in [1.807, 2.05) is 0 Å². The number of hydrogen-bond donors (Lipinski definition) is 3. The highest BCUT2D eigenvalue weighted by molar-refractivity contribution is 7.92. The number of nitrogens with zero attached hydrogens (tertiary/aromatic N) is 4. The molecule has 6 rings (SSSR count). The topological polar surface area (TPSA) is 158 Å². The van der Waals surface area contributed by atoms with Crippen LogP contribution in [0.25, 0.3) is 16.6 Å². The number of aromatic nitrogens is 5. The Labute approximate surface area is 251 Å². The van der Waals surface area contributed by atoms with E-state index < -0.39 is 21.6 Å². The molecule has 13 heteroatoms. The average molecular weight is 612 g/mol. The minimum absolute atomic E-state index is 0.0416. The fourth-order valence-electron chi connectivity index (χ4n) is 4.70.